The van der Waals surface area contributed by atoms with Gasteiger partial charge in [0.2, 0.25) is 11.8 Å². The topological polar surface area (TPSA) is 117 Å². The van der Waals surface area contributed by atoms with Gasteiger partial charge in [0.1, 0.15) is 6.04 Å². The van der Waals surface area contributed by atoms with Gasteiger partial charge in [0.15, 0.2) is 0 Å². The Hall–Kier alpha value is -4.38. The Balaban J connectivity index is 1.61. The minimum absolute atomic E-state index is 0.0102. The molecule has 234 valence electrons. The molecule has 0 aromatic heterocycles. The van der Waals surface area contributed by atoms with Crippen molar-refractivity contribution in [1.82, 2.24) is 16.0 Å². The third-order valence-electron chi connectivity index (χ3n) is 7.32. The molecule has 1 aliphatic rings. The fraction of sp³-hybridized carbons (Fsp3) is 0.364. The molecule has 0 fully saturated rings. The van der Waals surface area contributed by atoms with Crippen LogP contribution < -0.4 is 26.6 Å². The number of aryl methyl sites for hydroxylation is 1. The van der Waals surface area contributed by atoms with E-state index in [0.717, 1.165) is 34.4 Å². The molecule has 0 unspecified atom stereocenters. The average Bonchev–Trinajstić information content (AvgIpc) is 3.07. The standard InChI is InChI=1S/C33H38F3N5O3/c1-4-38-31(44)39-19-24-7-5-6-8-26(24)22-11-9-21(10-12-22)20-41-28-16-14-25(33(34,35)36)17-23(28)13-15-27(30(41)43)40-29(42)18-32(2,3)37/h5-12,14,16-17,27H,4,13,15,18-20,37H2,1-3H3,(H,40,42)(H2,38,39,44)/t27-/m1/s1. The van der Waals surface area contributed by atoms with Crippen molar-refractivity contribution in [3.05, 3.63) is 89.0 Å². The molecule has 4 rings (SSSR count). The van der Waals surface area contributed by atoms with Gasteiger partial charge in [0.05, 0.1) is 12.1 Å². The van der Waals surface area contributed by atoms with E-state index in [2.05, 4.69) is 16.0 Å². The number of halogens is 3. The summed E-state index contributed by atoms with van der Waals surface area (Å²) < 4.78 is 40.6. The van der Waals surface area contributed by atoms with Gasteiger partial charge in [-0.2, -0.15) is 13.2 Å². The number of nitrogens with one attached hydrogen (secondary N) is 3. The van der Waals surface area contributed by atoms with Crippen LogP contribution in [0.2, 0.25) is 0 Å². The lowest BCUT2D eigenvalue weighted by atomic mass is 9.98. The van der Waals surface area contributed by atoms with Crippen LogP contribution in [0, 0.1) is 0 Å². The highest BCUT2D eigenvalue weighted by molar-refractivity contribution is 6.00. The van der Waals surface area contributed by atoms with Gasteiger partial charge in [-0.25, -0.2) is 4.79 Å². The Bertz CT molecular complexity index is 1500. The second kappa shape index (κ2) is 13.5. The summed E-state index contributed by atoms with van der Waals surface area (Å²) in [6.45, 7) is 6.17. The zero-order chi connectivity index (χ0) is 32.1. The number of benzene rings is 3. The van der Waals surface area contributed by atoms with Gasteiger partial charge in [0.25, 0.3) is 0 Å². The molecule has 11 heteroatoms. The predicted octanol–water partition coefficient (Wildman–Crippen LogP) is 5.28. The van der Waals surface area contributed by atoms with Gasteiger partial charge in [-0.3, -0.25) is 9.59 Å². The van der Waals surface area contributed by atoms with Crippen LogP contribution in [0.25, 0.3) is 11.1 Å². The maximum atomic E-state index is 13.8. The first-order valence-corrected chi connectivity index (χ1v) is 14.5. The van der Waals surface area contributed by atoms with Crippen LogP contribution in [0.5, 0.6) is 0 Å². The van der Waals surface area contributed by atoms with E-state index < -0.39 is 35.1 Å². The van der Waals surface area contributed by atoms with E-state index in [1.807, 2.05) is 55.5 Å². The Morgan fingerprint density at radius 1 is 1.00 bits per heavy atom. The van der Waals surface area contributed by atoms with Crippen LogP contribution >= 0.6 is 0 Å². The van der Waals surface area contributed by atoms with Crippen molar-refractivity contribution in [1.29, 1.82) is 0 Å². The zero-order valence-corrected chi connectivity index (χ0v) is 25.1. The summed E-state index contributed by atoms with van der Waals surface area (Å²) in [6.07, 6.45) is -4.21. The van der Waals surface area contributed by atoms with Gasteiger partial charge in [-0.15, -0.1) is 0 Å². The molecule has 5 N–H and O–H groups in total. The monoisotopic (exact) mass is 609 g/mol. The molecule has 0 radical (unpaired) electrons. The van der Waals surface area contributed by atoms with Crippen LogP contribution in [0.15, 0.2) is 66.7 Å². The predicted molar refractivity (Wildman–Crippen MR) is 164 cm³/mol. The lowest BCUT2D eigenvalue weighted by molar-refractivity contribution is -0.137. The van der Waals surface area contributed by atoms with Crippen molar-refractivity contribution >= 4 is 23.5 Å². The Morgan fingerprint density at radius 3 is 2.36 bits per heavy atom. The number of hydrogen-bond donors (Lipinski definition) is 4. The van der Waals surface area contributed by atoms with Crippen molar-refractivity contribution in [3.8, 4) is 11.1 Å². The number of hydrogen-bond acceptors (Lipinski definition) is 4. The summed E-state index contributed by atoms with van der Waals surface area (Å²) in [5.41, 5.74) is 8.66. The van der Waals surface area contributed by atoms with Gasteiger partial charge >= 0.3 is 12.2 Å². The van der Waals surface area contributed by atoms with E-state index in [1.54, 1.807) is 13.8 Å². The van der Waals surface area contributed by atoms with Gasteiger partial charge in [-0.1, -0.05) is 48.5 Å². The number of carbonyl (C=O) groups excluding carboxylic acids is 3. The normalized spacial score (nSPS) is 15.3. The first-order chi connectivity index (χ1) is 20.7. The van der Waals surface area contributed by atoms with Crippen LogP contribution in [-0.4, -0.2) is 36.0 Å². The quantitative estimate of drug-likeness (QED) is 0.264. The smallest absolute Gasteiger partial charge is 0.344 e. The molecule has 1 heterocycles. The summed E-state index contributed by atoms with van der Waals surface area (Å²) in [7, 11) is 0. The summed E-state index contributed by atoms with van der Waals surface area (Å²) >= 11 is 0. The number of fused-ring (bicyclic) bond motifs is 1. The number of urea groups is 1. The second-order valence-electron chi connectivity index (χ2n) is 11.7. The molecular weight excluding hydrogens is 571 g/mol. The Kier molecular flexibility index (Phi) is 9.98. The number of amides is 4. The summed E-state index contributed by atoms with van der Waals surface area (Å²) in [6, 6.07) is 17.4. The van der Waals surface area contributed by atoms with E-state index in [9.17, 15) is 27.6 Å². The molecule has 0 saturated carbocycles. The van der Waals surface area contributed by atoms with Gasteiger partial charge in [0, 0.05) is 30.7 Å². The Morgan fingerprint density at radius 2 is 1.70 bits per heavy atom. The summed E-state index contributed by atoms with van der Waals surface area (Å²) in [5, 5.41) is 8.30. The molecule has 0 aliphatic carbocycles. The highest BCUT2D eigenvalue weighted by atomic mass is 19.4. The highest BCUT2D eigenvalue weighted by Crippen LogP contribution is 2.36. The van der Waals surface area contributed by atoms with E-state index in [0.29, 0.717) is 24.3 Å². The minimum Gasteiger partial charge on any atom is -0.344 e. The van der Waals surface area contributed by atoms with Crippen LogP contribution in [0.4, 0.5) is 23.7 Å². The van der Waals surface area contributed by atoms with Crippen molar-refractivity contribution in [2.24, 2.45) is 5.73 Å². The van der Waals surface area contributed by atoms with Crippen molar-refractivity contribution < 1.29 is 27.6 Å². The molecule has 8 nitrogen and oxygen atoms in total. The van der Waals surface area contributed by atoms with Crippen LogP contribution in [-0.2, 0) is 35.3 Å². The molecule has 0 spiro atoms. The number of nitrogens with two attached hydrogens (primary N) is 1. The molecule has 1 atom stereocenters. The van der Waals surface area contributed by atoms with Gasteiger partial charge < -0.3 is 26.6 Å². The van der Waals surface area contributed by atoms with Crippen molar-refractivity contribution in [2.75, 3.05) is 11.4 Å². The first kappa shape index (κ1) is 32.5. The molecule has 4 amide bonds. The van der Waals surface area contributed by atoms with Crippen LogP contribution in [0.3, 0.4) is 0 Å². The fourth-order valence-electron chi connectivity index (χ4n) is 5.24. The minimum atomic E-state index is -4.53. The van der Waals surface area contributed by atoms with E-state index >= 15 is 0 Å². The number of nitrogens with zero attached hydrogens (tertiary/aromatic N) is 1. The number of alkyl halides is 3. The first-order valence-electron chi connectivity index (χ1n) is 14.5. The number of carbonyl (C=O) groups is 3. The average molecular weight is 610 g/mol. The molecule has 3 aromatic rings. The molecule has 1 aliphatic heterocycles. The van der Waals surface area contributed by atoms with E-state index in [1.165, 1.54) is 11.0 Å². The number of rotatable bonds is 9. The zero-order valence-electron chi connectivity index (χ0n) is 25.1. The largest absolute Gasteiger partial charge is 0.416 e. The van der Waals surface area contributed by atoms with Crippen molar-refractivity contribution in [3.63, 3.8) is 0 Å². The van der Waals surface area contributed by atoms with E-state index in [4.69, 9.17) is 5.73 Å². The molecular formula is C33H38F3N5O3. The molecule has 0 bridgehead atoms. The van der Waals surface area contributed by atoms with Gasteiger partial charge in [-0.05, 0) is 79.6 Å². The van der Waals surface area contributed by atoms with Crippen molar-refractivity contribution in [2.45, 2.75) is 70.9 Å². The Labute approximate surface area is 255 Å². The lowest BCUT2D eigenvalue weighted by Crippen LogP contribution is -2.49. The van der Waals surface area contributed by atoms with E-state index in [-0.39, 0.29) is 31.8 Å². The maximum Gasteiger partial charge on any atom is 0.416 e. The molecule has 0 saturated heterocycles. The summed E-state index contributed by atoms with van der Waals surface area (Å²) in [4.78, 5) is 39.9. The SMILES string of the molecule is CCNC(=O)NCc1ccccc1-c1ccc(CN2C(=O)[C@H](NC(=O)CC(C)(C)N)CCc3cc(C(F)(F)F)ccc32)cc1. The third kappa shape index (κ3) is 8.37. The number of anilines is 1. The maximum absolute atomic E-state index is 13.8. The highest BCUT2D eigenvalue weighted by Gasteiger charge is 2.35. The molecule has 3 aromatic carbocycles. The summed E-state index contributed by atoms with van der Waals surface area (Å²) in [5.74, 6) is -0.806. The lowest BCUT2D eigenvalue weighted by Gasteiger charge is -2.27. The second-order valence-corrected chi connectivity index (χ2v) is 11.7. The third-order valence-corrected chi connectivity index (χ3v) is 7.32. The van der Waals surface area contributed by atoms with Crippen LogP contribution in [0.1, 0.15) is 55.9 Å². The fourth-order valence-corrected chi connectivity index (χ4v) is 5.24. The molecule has 44 heavy (non-hydrogen) atoms.